The van der Waals surface area contributed by atoms with Gasteiger partial charge in [-0.15, -0.1) is 0 Å². The van der Waals surface area contributed by atoms with E-state index < -0.39 is 0 Å². The van der Waals surface area contributed by atoms with Gasteiger partial charge in [0.15, 0.2) is 0 Å². The lowest BCUT2D eigenvalue weighted by Crippen LogP contribution is -2.29. The largest absolute Gasteiger partial charge is 0.318 e. The number of rotatable bonds is 3. The quantitative estimate of drug-likeness (QED) is 0.188. The fraction of sp³-hybridized carbons (Fsp3) is 0. The van der Waals surface area contributed by atoms with Crippen LogP contribution in [0.15, 0.2) is 115 Å². The Bertz CT molecular complexity index is 1960. The molecule has 0 bridgehead atoms. The third-order valence-electron chi connectivity index (χ3n) is 7.16. The van der Waals surface area contributed by atoms with E-state index in [1.54, 1.807) is 30.3 Å². The van der Waals surface area contributed by atoms with Crippen molar-refractivity contribution in [3.63, 3.8) is 0 Å². The lowest BCUT2D eigenvalue weighted by molar-refractivity contribution is 0.0926. The first-order valence-corrected chi connectivity index (χ1v) is 12.2. The van der Waals surface area contributed by atoms with Crippen molar-refractivity contribution in [3.8, 4) is 16.8 Å². The van der Waals surface area contributed by atoms with E-state index in [-0.39, 0.29) is 11.8 Å². The van der Waals surface area contributed by atoms with Crippen molar-refractivity contribution in [2.75, 3.05) is 4.90 Å². The van der Waals surface area contributed by atoms with Crippen LogP contribution in [0, 0.1) is 6.57 Å². The smallest absolute Gasteiger partial charge is 0.268 e. The Hall–Kier alpha value is -5.47. The molecule has 5 aromatic carbocycles. The van der Waals surface area contributed by atoms with Crippen molar-refractivity contribution < 1.29 is 9.59 Å². The zero-order chi connectivity index (χ0) is 25.8. The molecule has 0 saturated heterocycles. The summed E-state index contributed by atoms with van der Waals surface area (Å²) in [5, 5.41) is 1.91. The maximum atomic E-state index is 13.9. The summed E-state index contributed by atoms with van der Waals surface area (Å²) in [6.07, 6.45) is 0. The van der Waals surface area contributed by atoms with Crippen molar-refractivity contribution >= 4 is 45.0 Å². The van der Waals surface area contributed by atoms with Crippen molar-refractivity contribution in [2.45, 2.75) is 0 Å². The van der Waals surface area contributed by atoms with Crippen molar-refractivity contribution in [1.29, 1.82) is 0 Å². The Morgan fingerprint density at radius 3 is 2.08 bits per heavy atom. The highest BCUT2D eigenvalue weighted by Gasteiger charge is 2.39. The number of hydrogen-bond donors (Lipinski definition) is 0. The van der Waals surface area contributed by atoms with E-state index in [0.717, 1.165) is 32.9 Å². The number of imide groups is 1. The van der Waals surface area contributed by atoms with Gasteiger partial charge in [-0.05, 0) is 46.8 Å². The number of anilines is 1. The van der Waals surface area contributed by atoms with E-state index >= 15 is 0 Å². The molecule has 5 nitrogen and oxygen atoms in total. The van der Waals surface area contributed by atoms with Crippen molar-refractivity contribution in [3.05, 3.63) is 138 Å². The topological polar surface area (TPSA) is 46.7 Å². The number of carbonyl (C=O) groups excluding carboxylic acids is 2. The summed E-state index contributed by atoms with van der Waals surface area (Å²) in [5.41, 5.74) is 5.95. The van der Waals surface area contributed by atoms with E-state index in [4.69, 9.17) is 6.57 Å². The molecule has 0 aliphatic carbocycles. The highest BCUT2D eigenvalue weighted by molar-refractivity contribution is 6.35. The summed E-state index contributed by atoms with van der Waals surface area (Å²) < 4.78 is 1.95. The van der Waals surface area contributed by atoms with Crippen molar-refractivity contribution in [2.24, 2.45) is 0 Å². The first kappa shape index (κ1) is 21.8. The van der Waals surface area contributed by atoms with Gasteiger partial charge in [0.2, 0.25) is 5.69 Å². The van der Waals surface area contributed by atoms with Gasteiger partial charge in [0.05, 0.1) is 40.1 Å². The summed E-state index contributed by atoms with van der Waals surface area (Å²) in [5.74, 6) is -0.732. The molecule has 1 aliphatic heterocycles. The number of benzene rings is 5. The fourth-order valence-corrected chi connectivity index (χ4v) is 5.46. The second-order valence-corrected chi connectivity index (χ2v) is 9.20. The maximum Gasteiger partial charge on any atom is 0.268 e. The van der Waals surface area contributed by atoms with Gasteiger partial charge in [-0.1, -0.05) is 84.9 Å². The highest BCUT2D eigenvalue weighted by atomic mass is 16.2. The molecule has 7 rings (SSSR count). The monoisotopic (exact) mass is 489 g/mol. The zero-order valence-electron chi connectivity index (χ0n) is 20.1. The minimum atomic E-state index is -0.376. The van der Waals surface area contributed by atoms with Crippen LogP contribution in [0.2, 0.25) is 0 Å². The minimum absolute atomic E-state index is 0.340. The van der Waals surface area contributed by atoms with E-state index in [2.05, 4.69) is 4.85 Å². The van der Waals surface area contributed by atoms with Gasteiger partial charge < -0.3 is 4.57 Å². The average Bonchev–Trinajstić information content (AvgIpc) is 3.45. The van der Waals surface area contributed by atoms with Crippen LogP contribution in [0.25, 0.3) is 43.5 Å². The number of fused-ring (bicyclic) bond motifs is 4. The van der Waals surface area contributed by atoms with Crippen LogP contribution in [0.4, 0.5) is 11.4 Å². The van der Waals surface area contributed by atoms with Gasteiger partial charge >= 0.3 is 0 Å². The van der Waals surface area contributed by atoms with Gasteiger partial charge in [-0.2, -0.15) is 0 Å². The van der Waals surface area contributed by atoms with Gasteiger partial charge in [-0.3, -0.25) is 9.59 Å². The van der Waals surface area contributed by atoms with E-state index in [1.807, 2.05) is 89.5 Å². The second-order valence-electron chi connectivity index (χ2n) is 9.20. The maximum absolute atomic E-state index is 13.9. The van der Waals surface area contributed by atoms with E-state index in [0.29, 0.717) is 28.2 Å². The SMILES string of the molecule is [C-]#[N+]c1cccc2c3ccccc3n(-c3cccc4c3C(=O)N(c3ccc(-c5ccccc5)cc3)C4=O)c12. The number of carbonyl (C=O) groups is 2. The molecular weight excluding hydrogens is 470 g/mol. The fourth-order valence-electron chi connectivity index (χ4n) is 5.46. The molecule has 1 aromatic heterocycles. The molecule has 0 N–H and O–H groups in total. The molecule has 0 saturated carbocycles. The Kier molecular flexibility index (Phi) is 4.75. The van der Waals surface area contributed by atoms with Crippen LogP contribution in [0.1, 0.15) is 20.7 Å². The number of amides is 2. The number of nitrogens with zero attached hydrogens (tertiary/aromatic N) is 3. The number of hydrogen-bond acceptors (Lipinski definition) is 2. The van der Waals surface area contributed by atoms with Crippen LogP contribution in [-0.4, -0.2) is 16.4 Å². The molecule has 0 atom stereocenters. The van der Waals surface area contributed by atoms with Crippen LogP contribution in [0.3, 0.4) is 0 Å². The third kappa shape index (κ3) is 3.04. The van der Waals surface area contributed by atoms with Crippen LogP contribution >= 0.6 is 0 Å². The minimum Gasteiger partial charge on any atom is -0.318 e. The van der Waals surface area contributed by atoms with Crippen molar-refractivity contribution in [1.82, 2.24) is 4.57 Å². The van der Waals surface area contributed by atoms with E-state index in [1.165, 1.54) is 4.90 Å². The van der Waals surface area contributed by atoms with Gasteiger partial charge in [-0.25, -0.2) is 9.74 Å². The first-order valence-electron chi connectivity index (χ1n) is 12.2. The molecule has 38 heavy (non-hydrogen) atoms. The molecule has 0 spiro atoms. The summed E-state index contributed by atoms with van der Waals surface area (Å²) in [7, 11) is 0. The molecule has 0 unspecified atom stereocenters. The average molecular weight is 490 g/mol. The normalized spacial score (nSPS) is 12.8. The first-order chi connectivity index (χ1) is 18.7. The molecule has 178 valence electrons. The lowest BCUT2D eigenvalue weighted by atomic mass is 10.1. The Morgan fingerprint density at radius 1 is 0.605 bits per heavy atom. The molecule has 2 heterocycles. The highest BCUT2D eigenvalue weighted by Crippen LogP contribution is 2.40. The Balaban J connectivity index is 1.41. The predicted molar refractivity (Wildman–Crippen MR) is 150 cm³/mol. The molecule has 6 aromatic rings. The number of aromatic nitrogens is 1. The Morgan fingerprint density at radius 2 is 1.29 bits per heavy atom. The molecular formula is C33H19N3O2. The summed E-state index contributed by atoms with van der Waals surface area (Å²) >= 11 is 0. The summed E-state index contributed by atoms with van der Waals surface area (Å²) in [6.45, 7) is 7.79. The molecule has 0 fully saturated rings. The predicted octanol–water partition coefficient (Wildman–Crippen LogP) is 7.80. The molecule has 2 amide bonds. The van der Waals surface area contributed by atoms with Gasteiger partial charge in [0.1, 0.15) is 0 Å². The molecule has 0 radical (unpaired) electrons. The van der Waals surface area contributed by atoms with Crippen LogP contribution in [-0.2, 0) is 0 Å². The number of para-hydroxylation sites is 2. The lowest BCUT2D eigenvalue weighted by Gasteiger charge is -2.15. The van der Waals surface area contributed by atoms with Gasteiger partial charge in [0, 0.05) is 5.39 Å². The summed E-state index contributed by atoms with van der Waals surface area (Å²) in [6, 6.07) is 36.3. The third-order valence-corrected chi connectivity index (χ3v) is 7.16. The van der Waals surface area contributed by atoms with Crippen LogP contribution < -0.4 is 4.90 Å². The molecule has 5 heteroatoms. The zero-order valence-corrected chi connectivity index (χ0v) is 20.1. The van der Waals surface area contributed by atoms with Gasteiger partial charge in [0.25, 0.3) is 11.8 Å². The van der Waals surface area contributed by atoms with Crippen LogP contribution in [0.5, 0.6) is 0 Å². The second kappa shape index (κ2) is 8.29. The standard InChI is InChI=1S/C33H19N3O2/c1-34-27-14-7-12-25-24-11-5-6-15-28(24)36(31(25)27)29-16-8-13-26-30(29)33(38)35(32(26)37)23-19-17-22(18-20-23)21-9-3-2-4-10-21/h2-20H. The molecule has 1 aliphatic rings. The van der Waals surface area contributed by atoms with E-state index in [9.17, 15) is 9.59 Å². The Labute approximate surface area is 218 Å². The summed E-state index contributed by atoms with van der Waals surface area (Å²) in [4.78, 5) is 32.5.